The van der Waals surface area contributed by atoms with Crippen LogP contribution in [0.25, 0.3) is 0 Å². The molecule has 0 fully saturated rings. The highest BCUT2D eigenvalue weighted by Gasteiger charge is 2.13. The molecule has 1 heterocycles. The average Bonchev–Trinajstić information content (AvgIpc) is 2.80. The summed E-state index contributed by atoms with van der Waals surface area (Å²) >= 11 is 3.24. The summed E-state index contributed by atoms with van der Waals surface area (Å²) in [5.74, 6) is 0.464. The minimum Gasteiger partial charge on any atom is -0.262 e. The van der Waals surface area contributed by atoms with Crippen molar-refractivity contribution in [3.8, 4) is 0 Å². The fourth-order valence-electron chi connectivity index (χ4n) is 1.18. The fourth-order valence-corrected chi connectivity index (χ4v) is 2.43. The van der Waals surface area contributed by atoms with Crippen LogP contribution < -0.4 is 4.72 Å². The lowest BCUT2D eigenvalue weighted by atomic mass is 10.4. The van der Waals surface area contributed by atoms with E-state index in [0.29, 0.717) is 5.82 Å². The number of hydrogen-bond acceptors (Lipinski definition) is 4. The quantitative estimate of drug-likeness (QED) is 0.882. The molecule has 0 aliphatic carbocycles. The van der Waals surface area contributed by atoms with E-state index in [1.54, 1.807) is 12.1 Å². The summed E-state index contributed by atoms with van der Waals surface area (Å²) in [4.78, 5) is 4.03. The van der Waals surface area contributed by atoms with Crippen LogP contribution in [0, 0.1) is 0 Å². The van der Waals surface area contributed by atoms with Crippen LogP contribution >= 0.6 is 15.9 Å². The van der Waals surface area contributed by atoms with Gasteiger partial charge in [0.25, 0.3) is 0 Å². The molecule has 2 rings (SSSR count). The number of H-pyrrole nitrogens is 1. The Kier molecular flexibility index (Phi) is 3.55. The first-order valence-corrected chi connectivity index (χ1v) is 6.95. The number of rotatable bonds is 4. The molecule has 0 saturated heterocycles. The highest BCUT2D eigenvalue weighted by atomic mass is 79.9. The second kappa shape index (κ2) is 4.94. The van der Waals surface area contributed by atoms with Crippen LogP contribution in [0.5, 0.6) is 0 Å². The maximum Gasteiger partial charge on any atom is 0.240 e. The molecule has 2 aromatic rings. The third-order valence-electron chi connectivity index (χ3n) is 2.02. The highest BCUT2D eigenvalue weighted by Crippen LogP contribution is 2.14. The predicted octanol–water partition coefficient (Wildman–Crippen LogP) is 1.05. The summed E-state index contributed by atoms with van der Waals surface area (Å²) in [6, 6.07) is 6.38. The maximum atomic E-state index is 11.9. The van der Waals surface area contributed by atoms with Crippen molar-refractivity contribution in [3.63, 3.8) is 0 Å². The molecule has 8 heteroatoms. The molecule has 0 unspecified atom stereocenters. The van der Waals surface area contributed by atoms with Gasteiger partial charge < -0.3 is 0 Å². The Morgan fingerprint density at radius 2 is 2.00 bits per heavy atom. The standard InChI is InChI=1S/C9H9BrN4O2S/c10-7-1-3-8(4-2-7)17(15,16)13-5-9-11-6-12-14-9/h1-4,6,13H,5H2,(H,11,12,14). The van der Waals surface area contributed by atoms with Crippen molar-refractivity contribution in [2.75, 3.05) is 0 Å². The number of nitrogens with zero attached hydrogens (tertiary/aromatic N) is 2. The maximum absolute atomic E-state index is 11.9. The Morgan fingerprint density at radius 3 is 2.59 bits per heavy atom. The van der Waals surface area contributed by atoms with Crippen LogP contribution in [0.4, 0.5) is 0 Å². The first-order chi connectivity index (χ1) is 8.08. The lowest BCUT2D eigenvalue weighted by Crippen LogP contribution is -2.23. The molecule has 0 spiro atoms. The van der Waals surface area contributed by atoms with Crippen LogP contribution in [0.2, 0.25) is 0 Å². The molecule has 0 bridgehead atoms. The van der Waals surface area contributed by atoms with Crippen molar-refractivity contribution in [3.05, 3.63) is 40.9 Å². The van der Waals surface area contributed by atoms with Gasteiger partial charge in [-0.3, -0.25) is 5.10 Å². The molecular formula is C9H9BrN4O2S. The fraction of sp³-hybridized carbons (Fsp3) is 0.111. The normalized spacial score (nSPS) is 11.6. The van der Waals surface area contributed by atoms with Gasteiger partial charge in [0.2, 0.25) is 10.0 Å². The topological polar surface area (TPSA) is 87.7 Å². The molecular weight excluding hydrogens is 308 g/mol. The van der Waals surface area contributed by atoms with E-state index in [0.717, 1.165) is 4.47 Å². The van der Waals surface area contributed by atoms with Gasteiger partial charge in [-0.05, 0) is 24.3 Å². The molecule has 0 radical (unpaired) electrons. The van der Waals surface area contributed by atoms with Crippen molar-refractivity contribution in [1.29, 1.82) is 0 Å². The van der Waals surface area contributed by atoms with E-state index in [4.69, 9.17) is 0 Å². The van der Waals surface area contributed by atoms with E-state index in [1.807, 2.05) is 0 Å². The van der Waals surface area contributed by atoms with Crippen LogP contribution in [-0.2, 0) is 16.6 Å². The minimum atomic E-state index is -3.51. The van der Waals surface area contributed by atoms with E-state index >= 15 is 0 Å². The molecule has 0 saturated carbocycles. The number of benzene rings is 1. The van der Waals surface area contributed by atoms with E-state index < -0.39 is 10.0 Å². The van der Waals surface area contributed by atoms with Crippen molar-refractivity contribution in [1.82, 2.24) is 19.9 Å². The van der Waals surface area contributed by atoms with E-state index in [1.165, 1.54) is 18.5 Å². The predicted molar refractivity (Wildman–Crippen MR) is 64.6 cm³/mol. The number of hydrogen-bond donors (Lipinski definition) is 2. The number of aromatic nitrogens is 3. The van der Waals surface area contributed by atoms with E-state index in [9.17, 15) is 8.42 Å². The monoisotopic (exact) mass is 316 g/mol. The van der Waals surface area contributed by atoms with Crippen molar-refractivity contribution in [2.24, 2.45) is 0 Å². The Labute approximate surface area is 107 Å². The first-order valence-electron chi connectivity index (χ1n) is 4.67. The molecule has 0 aliphatic heterocycles. The van der Waals surface area contributed by atoms with Gasteiger partial charge in [0.1, 0.15) is 12.2 Å². The van der Waals surface area contributed by atoms with Gasteiger partial charge in [0.05, 0.1) is 11.4 Å². The summed E-state index contributed by atoms with van der Waals surface area (Å²) in [7, 11) is -3.51. The number of sulfonamides is 1. The molecule has 90 valence electrons. The van der Waals surface area contributed by atoms with Crippen LogP contribution in [0.3, 0.4) is 0 Å². The summed E-state index contributed by atoms with van der Waals surface area (Å²) in [5, 5.41) is 6.20. The average molecular weight is 317 g/mol. The Balaban J connectivity index is 2.11. The van der Waals surface area contributed by atoms with Crippen molar-refractivity contribution < 1.29 is 8.42 Å². The van der Waals surface area contributed by atoms with Gasteiger partial charge in [-0.2, -0.15) is 5.10 Å². The van der Waals surface area contributed by atoms with Gasteiger partial charge in [-0.15, -0.1) is 0 Å². The Morgan fingerprint density at radius 1 is 1.29 bits per heavy atom. The lowest BCUT2D eigenvalue weighted by Gasteiger charge is -2.04. The zero-order valence-electron chi connectivity index (χ0n) is 8.59. The second-order valence-corrected chi connectivity index (χ2v) is 5.89. The number of halogens is 1. The molecule has 17 heavy (non-hydrogen) atoms. The molecule has 0 atom stereocenters. The van der Waals surface area contributed by atoms with Crippen LogP contribution in [0.1, 0.15) is 5.82 Å². The largest absolute Gasteiger partial charge is 0.262 e. The molecule has 6 nitrogen and oxygen atoms in total. The van der Waals surface area contributed by atoms with E-state index in [2.05, 4.69) is 35.8 Å². The SMILES string of the molecule is O=S(=O)(NCc1ncn[nH]1)c1ccc(Br)cc1. The van der Waals surface area contributed by atoms with Crippen LogP contribution in [-0.4, -0.2) is 23.6 Å². The molecule has 0 amide bonds. The molecule has 1 aromatic heterocycles. The Bertz CT molecular complexity index is 580. The first kappa shape index (κ1) is 12.2. The van der Waals surface area contributed by atoms with Crippen molar-refractivity contribution in [2.45, 2.75) is 11.4 Å². The van der Waals surface area contributed by atoms with Crippen molar-refractivity contribution >= 4 is 26.0 Å². The molecule has 2 N–H and O–H groups in total. The smallest absolute Gasteiger partial charge is 0.240 e. The zero-order valence-corrected chi connectivity index (χ0v) is 11.0. The third-order valence-corrected chi connectivity index (χ3v) is 3.96. The van der Waals surface area contributed by atoms with Gasteiger partial charge in [-0.1, -0.05) is 15.9 Å². The summed E-state index contributed by atoms with van der Waals surface area (Å²) in [5.41, 5.74) is 0. The minimum absolute atomic E-state index is 0.0817. The number of aromatic amines is 1. The van der Waals surface area contributed by atoms with Crippen LogP contribution in [0.15, 0.2) is 40.0 Å². The number of nitrogens with one attached hydrogen (secondary N) is 2. The third kappa shape index (κ3) is 3.11. The Hall–Kier alpha value is -1.25. The van der Waals surface area contributed by atoms with E-state index in [-0.39, 0.29) is 11.4 Å². The summed E-state index contributed by atoms with van der Waals surface area (Å²) in [6.45, 7) is 0.0817. The lowest BCUT2D eigenvalue weighted by molar-refractivity contribution is 0.579. The zero-order chi connectivity index (χ0) is 12.3. The van der Waals surface area contributed by atoms with Gasteiger partial charge >= 0.3 is 0 Å². The second-order valence-electron chi connectivity index (χ2n) is 3.21. The molecule has 0 aliphatic rings. The van der Waals surface area contributed by atoms with Gasteiger partial charge in [0, 0.05) is 4.47 Å². The summed E-state index contributed by atoms with van der Waals surface area (Å²) in [6.07, 6.45) is 1.32. The van der Waals surface area contributed by atoms with Gasteiger partial charge in [-0.25, -0.2) is 18.1 Å². The highest BCUT2D eigenvalue weighted by molar-refractivity contribution is 9.10. The van der Waals surface area contributed by atoms with Gasteiger partial charge in [0.15, 0.2) is 0 Å². The molecule has 1 aromatic carbocycles. The summed E-state index contributed by atoms with van der Waals surface area (Å²) < 4.78 is 26.9.